The van der Waals surface area contributed by atoms with E-state index in [-0.39, 0.29) is 5.56 Å². The van der Waals surface area contributed by atoms with Crippen molar-refractivity contribution in [2.75, 3.05) is 7.11 Å². The topological polar surface area (TPSA) is 68.4 Å². The van der Waals surface area contributed by atoms with Gasteiger partial charge in [-0.15, -0.1) is 24.8 Å². The molecule has 0 spiro atoms. The number of H-pyrrole nitrogens is 1. The summed E-state index contributed by atoms with van der Waals surface area (Å²) in [5.74, 6) is -2.04. The number of ether oxygens (including phenoxy) is 2. The summed E-state index contributed by atoms with van der Waals surface area (Å²) in [5, 5.41) is 0. The molecule has 1 rings (SSSR count). The molecule has 0 fully saturated rings. The molecule has 106 valence electrons. The van der Waals surface area contributed by atoms with Gasteiger partial charge in [0, 0.05) is 11.8 Å². The van der Waals surface area contributed by atoms with Crippen molar-refractivity contribution >= 4 is 17.6 Å². The number of methoxy groups -OCH3 is 1. The van der Waals surface area contributed by atoms with Crippen LogP contribution in [0.15, 0.2) is 11.0 Å². The highest BCUT2D eigenvalue weighted by Gasteiger charge is 2.34. The molecule has 9 heteroatoms. The molecular formula is C10H9ClF3NO4. The molecule has 0 aromatic carbocycles. The van der Waals surface area contributed by atoms with E-state index in [2.05, 4.69) is 14.5 Å². The van der Waals surface area contributed by atoms with Crippen molar-refractivity contribution in [2.24, 2.45) is 0 Å². The molecule has 0 atom stereocenters. The van der Waals surface area contributed by atoms with Gasteiger partial charge < -0.3 is 14.5 Å². The standard InChI is InChI=1S/C10H9ClF3NO4/c1-18-7(16)2-5-4-15-9(17)6(3-11)8(5)19-10(12,13)14/h4H,2-3H2,1H3,(H,15,17). The van der Waals surface area contributed by atoms with Gasteiger partial charge in [-0.3, -0.25) is 9.59 Å². The summed E-state index contributed by atoms with van der Waals surface area (Å²) in [7, 11) is 1.08. The first-order valence-electron chi connectivity index (χ1n) is 4.90. The Morgan fingerprint density at radius 1 is 1.47 bits per heavy atom. The molecule has 0 amide bonds. The molecular weight excluding hydrogens is 291 g/mol. The van der Waals surface area contributed by atoms with Crippen LogP contribution in [0.3, 0.4) is 0 Å². The maximum absolute atomic E-state index is 12.3. The Hall–Kier alpha value is -1.70. The van der Waals surface area contributed by atoms with Gasteiger partial charge in [-0.05, 0) is 0 Å². The Balaban J connectivity index is 3.30. The number of hydrogen-bond donors (Lipinski definition) is 1. The van der Waals surface area contributed by atoms with E-state index in [1.54, 1.807) is 0 Å². The van der Waals surface area contributed by atoms with Crippen molar-refractivity contribution < 1.29 is 27.4 Å². The van der Waals surface area contributed by atoms with Crippen molar-refractivity contribution in [3.05, 3.63) is 27.7 Å². The van der Waals surface area contributed by atoms with Crippen LogP contribution in [0.5, 0.6) is 5.75 Å². The minimum Gasteiger partial charge on any atom is -0.469 e. The van der Waals surface area contributed by atoms with E-state index in [9.17, 15) is 22.8 Å². The number of hydrogen-bond acceptors (Lipinski definition) is 4. The first-order valence-corrected chi connectivity index (χ1v) is 5.44. The Bertz CT molecular complexity index is 526. The third-order valence-electron chi connectivity index (χ3n) is 2.13. The van der Waals surface area contributed by atoms with Crippen LogP contribution in [0, 0.1) is 0 Å². The van der Waals surface area contributed by atoms with Crippen LogP contribution in [-0.2, 0) is 21.8 Å². The number of carbonyl (C=O) groups excluding carboxylic acids is 1. The normalized spacial score (nSPS) is 11.2. The van der Waals surface area contributed by atoms with Gasteiger partial charge >= 0.3 is 12.3 Å². The van der Waals surface area contributed by atoms with Gasteiger partial charge in [0.15, 0.2) is 0 Å². The molecule has 0 aliphatic carbocycles. The lowest BCUT2D eigenvalue weighted by molar-refractivity contribution is -0.275. The average Bonchev–Trinajstić information content (AvgIpc) is 2.31. The lowest BCUT2D eigenvalue weighted by Crippen LogP contribution is -2.24. The minimum atomic E-state index is -5.00. The first-order chi connectivity index (χ1) is 8.78. The number of alkyl halides is 4. The summed E-state index contributed by atoms with van der Waals surface area (Å²) in [6, 6.07) is 0. The second-order valence-corrected chi connectivity index (χ2v) is 3.65. The third-order valence-corrected chi connectivity index (χ3v) is 2.40. The summed E-state index contributed by atoms with van der Waals surface area (Å²) in [6.45, 7) is 0. The maximum Gasteiger partial charge on any atom is 0.573 e. The van der Waals surface area contributed by atoms with Gasteiger partial charge in [-0.1, -0.05) is 0 Å². The van der Waals surface area contributed by atoms with Crippen molar-refractivity contribution in [3.8, 4) is 5.75 Å². The zero-order valence-corrected chi connectivity index (χ0v) is 10.4. The summed E-state index contributed by atoms with van der Waals surface area (Å²) >= 11 is 5.43. The van der Waals surface area contributed by atoms with Crippen LogP contribution < -0.4 is 10.3 Å². The molecule has 0 bridgehead atoms. The zero-order chi connectivity index (χ0) is 14.6. The molecule has 0 saturated heterocycles. The fraction of sp³-hybridized carbons (Fsp3) is 0.400. The number of aromatic amines is 1. The van der Waals surface area contributed by atoms with E-state index in [4.69, 9.17) is 11.6 Å². The Morgan fingerprint density at radius 3 is 2.58 bits per heavy atom. The number of rotatable bonds is 4. The second-order valence-electron chi connectivity index (χ2n) is 3.39. The molecule has 0 aliphatic heterocycles. The van der Waals surface area contributed by atoms with Crippen LogP contribution in [0.1, 0.15) is 11.1 Å². The van der Waals surface area contributed by atoms with E-state index < -0.39 is 41.5 Å². The van der Waals surface area contributed by atoms with Crippen LogP contribution in [-0.4, -0.2) is 24.4 Å². The van der Waals surface area contributed by atoms with Crippen molar-refractivity contribution in [1.29, 1.82) is 0 Å². The molecule has 1 aromatic heterocycles. The largest absolute Gasteiger partial charge is 0.573 e. The van der Waals surface area contributed by atoms with E-state index in [1.807, 2.05) is 0 Å². The SMILES string of the molecule is COC(=O)Cc1c[nH]c(=O)c(CCl)c1OC(F)(F)F. The first kappa shape index (κ1) is 15.4. The smallest absolute Gasteiger partial charge is 0.469 e. The van der Waals surface area contributed by atoms with Crippen LogP contribution >= 0.6 is 11.6 Å². The van der Waals surface area contributed by atoms with E-state index in [0.717, 1.165) is 13.3 Å². The summed E-state index contributed by atoms with van der Waals surface area (Å²) < 4.78 is 45.0. The summed E-state index contributed by atoms with van der Waals surface area (Å²) in [5.41, 5.74) is -1.39. The molecule has 1 aromatic rings. The molecule has 5 nitrogen and oxygen atoms in total. The third kappa shape index (κ3) is 4.16. The molecule has 1 N–H and O–H groups in total. The minimum absolute atomic E-state index is 0.167. The average molecular weight is 300 g/mol. The Kier molecular flexibility index (Phi) is 4.82. The van der Waals surface area contributed by atoms with Gasteiger partial charge in [0.1, 0.15) is 5.75 Å². The number of pyridine rings is 1. The maximum atomic E-state index is 12.3. The van der Waals surface area contributed by atoms with E-state index in [1.165, 1.54) is 0 Å². The predicted molar refractivity (Wildman–Crippen MR) is 59.0 cm³/mol. The van der Waals surface area contributed by atoms with Gasteiger partial charge in [0.05, 0.1) is 25.0 Å². The Morgan fingerprint density at radius 2 is 2.11 bits per heavy atom. The lowest BCUT2D eigenvalue weighted by atomic mass is 10.1. The van der Waals surface area contributed by atoms with Gasteiger partial charge in [0.2, 0.25) is 0 Å². The molecule has 0 aliphatic rings. The highest BCUT2D eigenvalue weighted by Crippen LogP contribution is 2.29. The quantitative estimate of drug-likeness (QED) is 0.679. The van der Waals surface area contributed by atoms with Crippen LogP contribution in [0.25, 0.3) is 0 Å². The van der Waals surface area contributed by atoms with Gasteiger partial charge in [-0.25, -0.2) is 0 Å². The van der Waals surface area contributed by atoms with E-state index in [0.29, 0.717) is 0 Å². The highest BCUT2D eigenvalue weighted by molar-refractivity contribution is 6.17. The van der Waals surface area contributed by atoms with Crippen LogP contribution in [0.4, 0.5) is 13.2 Å². The fourth-order valence-electron chi connectivity index (χ4n) is 1.33. The molecule has 1 heterocycles. The number of nitrogens with one attached hydrogen (secondary N) is 1. The summed E-state index contributed by atoms with van der Waals surface area (Å²) in [4.78, 5) is 24.6. The van der Waals surface area contributed by atoms with Gasteiger partial charge in [0.25, 0.3) is 5.56 Å². The summed E-state index contributed by atoms with van der Waals surface area (Å²) in [6.07, 6.45) is -4.53. The number of esters is 1. The number of halogens is 4. The van der Waals surface area contributed by atoms with E-state index >= 15 is 0 Å². The van der Waals surface area contributed by atoms with Crippen molar-refractivity contribution in [1.82, 2.24) is 4.98 Å². The number of carbonyl (C=O) groups is 1. The highest BCUT2D eigenvalue weighted by atomic mass is 35.5. The number of aromatic nitrogens is 1. The monoisotopic (exact) mass is 299 g/mol. The molecule has 0 unspecified atom stereocenters. The Labute approximate surface area is 110 Å². The van der Waals surface area contributed by atoms with Crippen LogP contribution in [0.2, 0.25) is 0 Å². The fourth-order valence-corrected chi connectivity index (χ4v) is 1.57. The van der Waals surface area contributed by atoms with Crippen molar-refractivity contribution in [3.63, 3.8) is 0 Å². The van der Waals surface area contributed by atoms with Crippen molar-refractivity contribution in [2.45, 2.75) is 18.7 Å². The van der Waals surface area contributed by atoms with Gasteiger partial charge in [-0.2, -0.15) is 0 Å². The second kappa shape index (κ2) is 5.96. The molecule has 0 saturated carbocycles. The predicted octanol–water partition coefficient (Wildman–Crippen LogP) is 1.73. The molecule has 0 radical (unpaired) electrons. The zero-order valence-electron chi connectivity index (χ0n) is 9.64. The lowest BCUT2D eigenvalue weighted by Gasteiger charge is -2.15. The molecule has 19 heavy (non-hydrogen) atoms.